The molecular formula is C21H35NO7. The van der Waals surface area contributed by atoms with Crippen LogP contribution in [-0.2, 0) is 23.9 Å². The number of amides is 1. The lowest BCUT2D eigenvalue weighted by atomic mass is 9.94. The Labute approximate surface area is 172 Å². The number of aliphatic hydroxyl groups is 1. The van der Waals surface area contributed by atoms with Crippen LogP contribution in [0.25, 0.3) is 0 Å². The molecule has 1 heterocycles. The summed E-state index contributed by atoms with van der Waals surface area (Å²) >= 11 is 0. The van der Waals surface area contributed by atoms with Crippen LogP contribution in [0.5, 0.6) is 0 Å². The van der Waals surface area contributed by atoms with Crippen LogP contribution in [0, 0.1) is 5.92 Å². The van der Waals surface area contributed by atoms with E-state index in [1.165, 1.54) is 0 Å². The molecule has 0 aromatic heterocycles. The van der Waals surface area contributed by atoms with E-state index >= 15 is 0 Å². The highest BCUT2D eigenvalue weighted by atomic mass is 16.6. The number of carboxylic acids is 1. The Hall–Kier alpha value is -1.93. The van der Waals surface area contributed by atoms with Crippen molar-refractivity contribution < 1.29 is 34.1 Å². The maximum Gasteiger partial charge on any atom is 0.326 e. The van der Waals surface area contributed by atoms with Crippen LogP contribution >= 0.6 is 0 Å². The molecule has 1 amide bonds. The SMILES string of the molecule is C=CCCCO[C@@H](CC)[C@H](CC(=O)OC(C)(C)C)C(=O)N1C[C@H](O)C[C@H]1C(=O)O. The molecule has 1 saturated heterocycles. The normalized spacial score (nSPS) is 21.5. The van der Waals surface area contributed by atoms with E-state index in [-0.39, 0.29) is 19.4 Å². The summed E-state index contributed by atoms with van der Waals surface area (Å²) in [6.07, 6.45) is 2.03. The Morgan fingerprint density at radius 1 is 1.31 bits per heavy atom. The predicted octanol–water partition coefficient (Wildman–Crippen LogP) is 2.14. The van der Waals surface area contributed by atoms with Gasteiger partial charge in [0.05, 0.1) is 24.5 Å². The van der Waals surface area contributed by atoms with Crippen LogP contribution in [0.15, 0.2) is 12.7 Å². The topological polar surface area (TPSA) is 113 Å². The van der Waals surface area contributed by atoms with Gasteiger partial charge in [-0.3, -0.25) is 9.59 Å². The van der Waals surface area contributed by atoms with Gasteiger partial charge in [0, 0.05) is 19.6 Å². The quantitative estimate of drug-likeness (QED) is 0.303. The van der Waals surface area contributed by atoms with Crippen molar-refractivity contribution in [3.63, 3.8) is 0 Å². The number of aliphatic carboxylic acids is 1. The van der Waals surface area contributed by atoms with Gasteiger partial charge in [0.2, 0.25) is 5.91 Å². The van der Waals surface area contributed by atoms with E-state index in [1.807, 2.05) is 6.92 Å². The number of ether oxygens (including phenoxy) is 2. The summed E-state index contributed by atoms with van der Waals surface area (Å²) in [5.41, 5.74) is -0.704. The first-order valence-electron chi connectivity index (χ1n) is 10.2. The van der Waals surface area contributed by atoms with Crippen LogP contribution in [0.1, 0.15) is 59.8 Å². The predicted molar refractivity (Wildman–Crippen MR) is 107 cm³/mol. The maximum atomic E-state index is 13.2. The number of aliphatic hydroxyl groups excluding tert-OH is 1. The van der Waals surface area contributed by atoms with Gasteiger partial charge in [0.25, 0.3) is 0 Å². The molecule has 0 unspecified atom stereocenters. The summed E-state index contributed by atoms with van der Waals surface area (Å²) in [4.78, 5) is 38.4. The third-order valence-corrected chi connectivity index (χ3v) is 4.71. The van der Waals surface area contributed by atoms with Crippen molar-refractivity contribution in [2.24, 2.45) is 5.92 Å². The molecule has 0 saturated carbocycles. The molecule has 1 rings (SSSR count). The molecule has 0 aromatic carbocycles. The second-order valence-electron chi connectivity index (χ2n) is 8.38. The second kappa shape index (κ2) is 11.3. The van der Waals surface area contributed by atoms with Gasteiger partial charge < -0.3 is 24.6 Å². The molecule has 8 heteroatoms. The molecule has 0 aromatic rings. The van der Waals surface area contributed by atoms with E-state index in [1.54, 1.807) is 26.8 Å². The lowest BCUT2D eigenvalue weighted by Gasteiger charge is -2.31. The van der Waals surface area contributed by atoms with Crippen molar-refractivity contribution in [2.45, 2.75) is 83.6 Å². The Bertz CT molecular complexity index is 584. The minimum Gasteiger partial charge on any atom is -0.480 e. The molecule has 0 spiro atoms. The Morgan fingerprint density at radius 3 is 2.48 bits per heavy atom. The Kier molecular flexibility index (Phi) is 9.79. The number of hydrogen-bond acceptors (Lipinski definition) is 6. The molecule has 4 atom stereocenters. The molecule has 0 radical (unpaired) electrons. The summed E-state index contributed by atoms with van der Waals surface area (Å²) < 4.78 is 11.2. The second-order valence-corrected chi connectivity index (χ2v) is 8.38. The van der Waals surface area contributed by atoms with Gasteiger partial charge in [-0.15, -0.1) is 6.58 Å². The number of rotatable bonds is 11. The zero-order chi connectivity index (χ0) is 22.2. The van der Waals surface area contributed by atoms with Crippen molar-refractivity contribution in [1.82, 2.24) is 4.90 Å². The molecule has 8 nitrogen and oxygen atoms in total. The van der Waals surface area contributed by atoms with Gasteiger partial charge in [-0.25, -0.2) is 4.79 Å². The fourth-order valence-corrected chi connectivity index (χ4v) is 3.43. The number of carbonyl (C=O) groups excluding carboxylic acids is 2. The minimum absolute atomic E-state index is 0.0305. The molecule has 29 heavy (non-hydrogen) atoms. The molecule has 1 fully saturated rings. The highest BCUT2D eigenvalue weighted by molar-refractivity contribution is 5.88. The molecule has 0 aliphatic carbocycles. The zero-order valence-corrected chi connectivity index (χ0v) is 17.9. The van der Waals surface area contributed by atoms with Crippen molar-refractivity contribution in [2.75, 3.05) is 13.2 Å². The number of allylic oxidation sites excluding steroid dienone is 1. The highest BCUT2D eigenvalue weighted by Crippen LogP contribution is 2.27. The van der Waals surface area contributed by atoms with E-state index in [0.717, 1.165) is 17.7 Å². The fourth-order valence-electron chi connectivity index (χ4n) is 3.43. The molecule has 1 aliphatic heterocycles. The van der Waals surface area contributed by atoms with E-state index in [9.17, 15) is 24.6 Å². The number of β-amino-alcohol motifs (C(OH)–C–C–N with tert-alkyl or cyclic N) is 1. The van der Waals surface area contributed by atoms with Crippen molar-refractivity contribution in [1.29, 1.82) is 0 Å². The largest absolute Gasteiger partial charge is 0.480 e. The van der Waals surface area contributed by atoms with Crippen molar-refractivity contribution in [3.05, 3.63) is 12.7 Å². The fraction of sp³-hybridized carbons (Fsp3) is 0.762. The van der Waals surface area contributed by atoms with E-state index in [2.05, 4.69) is 6.58 Å². The van der Waals surface area contributed by atoms with Gasteiger partial charge in [-0.1, -0.05) is 13.0 Å². The van der Waals surface area contributed by atoms with Crippen LogP contribution in [0.4, 0.5) is 0 Å². The number of likely N-dealkylation sites (tertiary alicyclic amines) is 1. The standard InChI is InChI=1S/C21H35NO7/c1-6-8-9-10-28-17(7-2)15(12-18(24)29-21(3,4)5)19(25)22-13-14(23)11-16(22)20(26)27/h6,14-17,23H,1,7-13H2,2-5H3,(H,26,27)/t14-,15+,16+,17+/m1/s1. The molecule has 166 valence electrons. The van der Waals surface area contributed by atoms with E-state index < -0.39 is 47.6 Å². The first kappa shape index (κ1) is 25.1. The summed E-state index contributed by atoms with van der Waals surface area (Å²) in [7, 11) is 0. The van der Waals surface area contributed by atoms with E-state index in [0.29, 0.717) is 13.0 Å². The first-order valence-corrected chi connectivity index (χ1v) is 10.2. The number of carboxylic acid groups (broad SMARTS) is 1. The van der Waals surface area contributed by atoms with Gasteiger partial charge >= 0.3 is 11.9 Å². The van der Waals surface area contributed by atoms with Crippen molar-refractivity contribution >= 4 is 17.8 Å². The minimum atomic E-state index is -1.18. The monoisotopic (exact) mass is 413 g/mol. The Balaban J connectivity index is 3.03. The van der Waals surface area contributed by atoms with Crippen LogP contribution in [-0.4, -0.2) is 70.0 Å². The zero-order valence-electron chi connectivity index (χ0n) is 17.9. The number of unbranched alkanes of at least 4 members (excludes halogenated alkanes) is 1. The first-order chi connectivity index (χ1) is 13.5. The lowest BCUT2D eigenvalue weighted by Crippen LogP contribution is -2.48. The Morgan fingerprint density at radius 2 is 1.97 bits per heavy atom. The van der Waals surface area contributed by atoms with E-state index in [4.69, 9.17) is 9.47 Å². The van der Waals surface area contributed by atoms with Crippen LogP contribution in [0.3, 0.4) is 0 Å². The number of hydrogen-bond donors (Lipinski definition) is 2. The third kappa shape index (κ3) is 8.14. The molecule has 0 bridgehead atoms. The number of esters is 1. The summed E-state index contributed by atoms with van der Waals surface area (Å²) in [5, 5.41) is 19.3. The van der Waals surface area contributed by atoms with Crippen LogP contribution < -0.4 is 0 Å². The molecule has 2 N–H and O–H groups in total. The average Bonchev–Trinajstić information content (AvgIpc) is 3.00. The highest BCUT2D eigenvalue weighted by Gasteiger charge is 2.44. The number of carbonyl (C=O) groups is 3. The lowest BCUT2D eigenvalue weighted by molar-refractivity contribution is -0.163. The van der Waals surface area contributed by atoms with Crippen LogP contribution in [0.2, 0.25) is 0 Å². The molecular weight excluding hydrogens is 378 g/mol. The molecule has 1 aliphatic rings. The average molecular weight is 414 g/mol. The summed E-state index contributed by atoms with van der Waals surface area (Å²) in [6, 6.07) is -1.11. The summed E-state index contributed by atoms with van der Waals surface area (Å²) in [6.45, 7) is 11.0. The van der Waals surface area contributed by atoms with Gasteiger partial charge in [-0.05, 0) is 40.0 Å². The maximum absolute atomic E-state index is 13.2. The number of nitrogens with zero attached hydrogens (tertiary/aromatic N) is 1. The van der Waals surface area contributed by atoms with Gasteiger partial charge in [-0.2, -0.15) is 0 Å². The van der Waals surface area contributed by atoms with Gasteiger partial charge in [0.15, 0.2) is 0 Å². The van der Waals surface area contributed by atoms with Gasteiger partial charge in [0.1, 0.15) is 11.6 Å². The summed E-state index contributed by atoms with van der Waals surface area (Å²) in [5.74, 6) is -3.11. The van der Waals surface area contributed by atoms with Crippen molar-refractivity contribution in [3.8, 4) is 0 Å². The smallest absolute Gasteiger partial charge is 0.326 e. The third-order valence-electron chi connectivity index (χ3n) is 4.71.